The van der Waals surface area contributed by atoms with Crippen LogP contribution >= 0.6 is 0 Å². The number of nitrogens with one attached hydrogen (secondary N) is 1. The maximum Gasteiger partial charge on any atom is 0.272 e. The van der Waals surface area contributed by atoms with Gasteiger partial charge < -0.3 is 19.7 Å². The van der Waals surface area contributed by atoms with Gasteiger partial charge in [-0.15, -0.1) is 0 Å². The van der Waals surface area contributed by atoms with Gasteiger partial charge in [0.1, 0.15) is 11.5 Å². The van der Waals surface area contributed by atoms with Crippen molar-refractivity contribution in [1.82, 2.24) is 9.88 Å². The Kier molecular flexibility index (Phi) is 4.83. The highest BCUT2D eigenvalue weighted by Gasteiger charge is 2.14. The first-order chi connectivity index (χ1) is 12.0. The van der Waals surface area contributed by atoms with E-state index in [9.17, 15) is 9.59 Å². The average molecular weight is 341 g/mol. The van der Waals surface area contributed by atoms with Gasteiger partial charge in [0.15, 0.2) is 11.5 Å². The largest absolute Gasteiger partial charge is 0.454 e. The zero-order valence-corrected chi connectivity index (χ0v) is 14.1. The lowest BCUT2D eigenvalue weighted by atomic mass is 10.1. The van der Waals surface area contributed by atoms with E-state index in [4.69, 9.17) is 9.47 Å². The monoisotopic (exact) mass is 341 g/mol. The lowest BCUT2D eigenvalue weighted by molar-refractivity contribution is -0.116. The molecule has 25 heavy (non-hydrogen) atoms. The van der Waals surface area contributed by atoms with Crippen LogP contribution < -0.4 is 14.8 Å². The van der Waals surface area contributed by atoms with E-state index in [-0.39, 0.29) is 18.6 Å². The van der Waals surface area contributed by atoms with Gasteiger partial charge in [0, 0.05) is 20.5 Å². The molecule has 1 aromatic carbocycles. The molecule has 0 unspecified atom stereocenters. The number of nitrogens with zero attached hydrogens (tertiary/aromatic N) is 2. The molecule has 1 N–H and O–H groups in total. The van der Waals surface area contributed by atoms with Crippen LogP contribution in [0, 0.1) is 0 Å². The molecule has 0 saturated carbocycles. The number of carbonyl (C=O) groups is 2. The lowest BCUT2D eigenvalue weighted by Crippen LogP contribution is -2.23. The lowest BCUT2D eigenvalue weighted by Gasteiger charge is -2.10. The molecule has 0 fully saturated rings. The molecule has 7 heteroatoms. The molecule has 3 rings (SSSR count). The van der Waals surface area contributed by atoms with Gasteiger partial charge in [-0.05, 0) is 36.2 Å². The van der Waals surface area contributed by atoms with Gasteiger partial charge in [-0.2, -0.15) is 0 Å². The molecule has 0 radical (unpaired) electrons. The van der Waals surface area contributed by atoms with Crippen LogP contribution in [0.15, 0.2) is 36.4 Å². The molecule has 1 aliphatic rings. The van der Waals surface area contributed by atoms with Crippen molar-refractivity contribution >= 4 is 17.6 Å². The standard InChI is InChI=1S/C18H19N3O4/c1-21(2)18(23)13-4-3-5-16(19-13)20-17(22)9-7-12-6-8-14-15(10-12)25-11-24-14/h3-6,8,10H,7,9,11H2,1-2H3,(H,19,20,22). The van der Waals surface area contributed by atoms with E-state index in [0.717, 1.165) is 11.3 Å². The normalized spacial score (nSPS) is 11.9. The number of fused-ring (bicyclic) bond motifs is 1. The fraction of sp³-hybridized carbons (Fsp3) is 0.278. The predicted octanol–water partition coefficient (Wildman–Crippen LogP) is 2.08. The molecule has 0 atom stereocenters. The summed E-state index contributed by atoms with van der Waals surface area (Å²) in [5.74, 6) is 1.41. The average Bonchev–Trinajstić information content (AvgIpc) is 3.07. The van der Waals surface area contributed by atoms with Crippen LogP contribution in [-0.4, -0.2) is 42.6 Å². The van der Waals surface area contributed by atoms with Crippen molar-refractivity contribution in [3.05, 3.63) is 47.7 Å². The molecule has 7 nitrogen and oxygen atoms in total. The highest BCUT2D eigenvalue weighted by molar-refractivity contribution is 5.94. The molecular formula is C18H19N3O4. The minimum Gasteiger partial charge on any atom is -0.454 e. The maximum absolute atomic E-state index is 12.1. The van der Waals surface area contributed by atoms with E-state index in [0.29, 0.717) is 30.1 Å². The Balaban J connectivity index is 1.57. The predicted molar refractivity (Wildman–Crippen MR) is 91.8 cm³/mol. The topological polar surface area (TPSA) is 80.8 Å². The third-order valence-electron chi connectivity index (χ3n) is 3.72. The van der Waals surface area contributed by atoms with Crippen molar-refractivity contribution < 1.29 is 19.1 Å². The summed E-state index contributed by atoms with van der Waals surface area (Å²) in [4.78, 5) is 29.7. The quantitative estimate of drug-likeness (QED) is 0.900. The summed E-state index contributed by atoms with van der Waals surface area (Å²) >= 11 is 0. The molecule has 1 aliphatic heterocycles. The summed E-state index contributed by atoms with van der Waals surface area (Å²) in [5, 5.41) is 2.72. The number of pyridine rings is 1. The number of aromatic nitrogens is 1. The maximum atomic E-state index is 12.1. The zero-order valence-electron chi connectivity index (χ0n) is 14.1. The van der Waals surface area contributed by atoms with Crippen LogP contribution in [0.25, 0.3) is 0 Å². The molecule has 2 amide bonds. The first-order valence-electron chi connectivity index (χ1n) is 7.90. The van der Waals surface area contributed by atoms with Crippen LogP contribution in [0.4, 0.5) is 5.82 Å². The van der Waals surface area contributed by atoms with E-state index < -0.39 is 0 Å². The Bertz CT molecular complexity index is 805. The number of anilines is 1. The number of carbonyl (C=O) groups excluding carboxylic acids is 2. The summed E-state index contributed by atoms with van der Waals surface area (Å²) in [5.41, 5.74) is 1.28. The minimum atomic E-state index is -0.212. The van der Waals surface area contributed by atoms with Crippen LogP contribution in [0.5, 0.6) is 11.5 Å². The van der Waals surface area contributed by atoms with Crippen molar-refractivity contribution in [2.45, 2.75) is 12.8 Å². The minimum absolute atomic E-state index is 0.167. The Morgan fingerprint density at radius 1 is 1.16 bits per heavy atom. The van der Waals surface area contributed by atoms with Crippen LogP contribution in [0.3, 0.4) is 0 Å². The summed E-state index contributed by atoms with van der Waals surface area (Å²) in [6.07, 6.45) is 0.867. The number of benzene rings is 1. The van der Waals surface area contributed by atoms with Gasteiger partial charge in [-0.3, -0.25) is 9.59 Å². The van der Waals surface area contributed by atoms with Gasteiger partial charge in [-0.1, -0.05) is 12.1 Å². The van der Waals surface area contributed by atoms with Gasteiger partial charge in [-0.25, -0.2) is 4.98 Å². The van der Waals surface area contributed by atoms with Crippen molar-refractivity contribution in [3.63, 3.8) is 0 Å². The number of amides is 2. The SMILES string of the molecule is CN(C)C(=O)c1cccc(NC(=O)CCc2ccc3c(c2)OCO3)n1. The Morgan fingerprint density at radius 3 is 2.76 bits per heavy atom. The number of ether oxygens (including phenoxy) is 2. The first kappa shape index (κ1) is 16.8. The van der Waals surface area contributed by atoms with Crippen LogP contribution in [-0.2, 0) is 11.2 Å². The van der Waals surface area contributed by atoms with E-state index in [1.54, 1.807) is 32.3 Å². The fourth-order valence-electron chi connectivity index (χ4n) is 2.41. The molecule has 0 bridgehead atoms. The molecule has 130 valence electrons. The van der Waals surface area contributed by atoms with Crippen molar-refractivity contribution in [1.29, 1.82) is 0 Å². The zero-order chi connectivity index (χ0) is 17.8. The number of hydrogen-bond acceptors (Lipinski definition) is 5. The van der Waals surface area contributed by atoms with E-state index in [1.165, 1.54) is 4.90 Å². The number of aryl methyl sites for hydroxylation is 1. The molecule has 2 aromatic rings. The van der Waals surface area contributed by atoms with Gasteiger partial charge in [0.25, 0.3) is 5.91 Å². The number of hydrogen-bond donors (Lipinski definition) is 1. The van der Waals surface area contributed by atoms with Gasteiger partial charge in [0.05, 0.1) is 0 Å². The second-order valence-electron chi connectivity index (χ2n) is 5.84. The highest BCUT2D eigenvalue weighted by Crippen LogP contribution is 2.32. The molecule has 0 aliphatic carbocycles. The van der Waals surface area contributed by atoms with Crippen LogP contribution in [0.1, 0.15) is 22.5 Å². The second-order valence-corrected chi connectivity index (χ2v) is 5.84. The number of rotatable bonds is 5. The molecular weight excluding hydrogens is 322 g/mol. The van der Waals surface area contributed by atoms with Gasteiger partial charge >= 0.3 is 0 Å². The van der Waals surface area contributed by atoms with E-state index >= 15 is 0 Å². The Labute approximate surface area is 145 Å². The third kappa shape index (κ3) is 4.06. The molecule has 0 saturated heterocycles. The van der Waals surface area contributed by atoms with Crippen molar-refractivity contribution in [2.24, 2.45) is 0 Å². The smallest absolute Gasteiger partial charge is 0.272 e. The fourth-order valence-corrected chi connectivity index (χ4v) is 2.41. The second kappa shape index (κ2) is 7.21. The van der Waals surface area contributed by atoms with Crippen LogP contribution in [0.2, 0.25) is 0 Å². The summed E-state index contributed by atoms with van der Waals surface area (Å²) in [6.45, 7) is 0.229. The first-order valence-corrected chi connectivity index (χ1v) is 7.90. The Morgan fingerprint density at radius 2 is 1.96 bits per heavy atom. The van der Waals surface area contributed by atoms with Gasteiger partial charge in [0.2, 0.25) is 12.7 Å². The Hall–Kier alpha value is -3.09. The third-order valence-corrected chi connectivity index (χ3v) is 3.72. The van der Waals surface area contributed by atoms with Crippen molar-refractivity contribution in [2.75, 3.05) is 26.2 Å². The summed E-state index contributed by atoms with van der Waals surface area (Å²) in [7, 11) is 3.31. The highest BCUT2D eigenvalue weighted by atomic mass is 16.7. The van der Waals surface area contributed by atoms with E-state index in [2.05, 4.69) is 10.3 Å². The summed E-state index contributed by atoms with van der Waals surface area (Å²) < 4.78 is 10.6. The molecule has 1 aromatic heterocycles. The van der Waals surface area contributed by atoms with E-state index in [1.807, 2.05) is 18.2 Å². The molecule has 2 heterocycles. The molecule has 0 spiro atoms. The summed E-state index contributed by atoms with van der Waals surface area (Å²) in [6, 6.07) is 10.6. The van der Waals surface area contributed by atoms with Crippen molar-refractivity contribution in [3.8, 4) is 11.5 Å².